The number of carbonyl (C=O) groups is 1. The van der Waals surface area contributed by atoms with Gasteiger partial charge in [0.1, 0.15) is 12.2 Å². The molecule has 0 fully saturated rings. The Hall–Kier alpha value is -1.47. The van der Waals surface area contributed by atoms with Crippen molar-refractivity contribution in [2.75, 3.05) is 6.61 Å². The van der Waals surface area contributed by atoms with E-state index in [0.29, 0.717) is 12.8 Å². The van der Waals surface area contributed by atoms with E-state index in [9.17, 15) is 25.2 Å². The van der Waals surface area contributed by atoms with Crippen LogP contribution in [0.3, 0.4) is 0 Å². The van der Waals surface area contributed by atoms with Gasteiger partial charge in [0.15, 0.2) is 0 Å². The summed E-state index contributed by atoms with van der Waals surface area (Å²) >= 11 is 0. The number of carbonyl (C=O) groups excluding carboxylic acids is 1. The highest BCUT2D eigenvalue weighted by Crippen LogP contribution is 2.15. The molecule has 0 aliphatic rings. The Morgan fingerprint density at radius 2 is 0.898 bits per heavy atom. The van der Waals surface area contributed by atoms with Crippen LogP contribution >= 0.6 is 0 Å². The molecule has 49 heavy (non-hydrogen) atoms. The molecular formula is C43H81NO5. The molecular weight excluding hydrogens is 610 g/mol. The fourth-order valence-electron chi connectivity index (χ4n) is 6.22. The molecule has 0 aromatic heterocycles. The first-order valence-electron chi connectivity index (χ1n) is 20.9. The van der Waals surface area contributed by atoms with E-state index >= 15 is 0 Å². The van der Waals surface area contributed by atoms with Gasteiger partial charge in [0.2, 0.25) is 5.91 Å². The molecule has 0 aromatic rings. The summed E-state index contributed by atoms with van der Waals surface area (Å²) in [6, 6.07) is -1.00. The maximum absolute atomic E-state index is 12.5. The zero-order chi connectivity index (χ0) is 36.0. The molecule has 288 valence electrons. The first-order valence-corrected chi connectivity index (χ1v) is 20.9. The molecule has 4 atom stereocenters. The number of aliphatic hydroxyl groups excluding tert-OH is 4. The number of unbranched alkanes of at least 4 members (excludes halogenated alkanes) is 23. The van der Waals surface area contributed by atoms with E-state index < -0.39 is 36.9 Å². The van der Waals surface area contributed by atoms with Crippen molar-refractivity contribution >= 4 is 5.91 Å². The van der Waals surface area contributed by atoms with Gasteiger partial charge in [-0.2, -0.15) is 0 Å². The van der Waals surface area contributed by atoms with Gasteiger partial charge < -0.3 is 25.7 Å². The Bertz CT molecular complexity index is 782. The van der Waals surface area contributed by atoms with Crippen molar-refractivity contribution in [3.63, 3.8) is 0 Å². The molecule has 5 N–H and O–H groups in total. The fraction of sp³-hybridized carbons (Fsp3) is 0.837. The summed E-state index contributed by atoms with van der Waals surface area (Å²) < 4.78 is 0. The smallest absolute Gasteiger partial charge is 0.249 e. The van der Waals surface area contributed by atoms with Crippen LogP contribution in [0.1, 0.15) is 200 Å². The van der Waals surface area contributed by atoms with E-state index in [1.54, 1.807) is 0 Å². The second-order valence-electron chi connectivity index (χ2n) is 14.4. The van der Waals surface area contributed by atoms with Crippen LogP contribution in [-0.2, 0) is 4.79 Å². The molecule has 0 saturated carbocycles. The predicted octanol–water partition coefficient (Wildman–Crippen LogP) is 10.6. The van der Waals surface area contributed by atoms with E-state index in [0.717, 1.165) is 44.9 Å². The van der Waals surface area contributed by atoms with Gasteiger partial charge in [0, 0.05) is 0 Å². The third-order valence-corrected chi connectivity index (χ3v) is 9.60. The van der Waals surface area contributed by atoms with Gasteiger partial charge in [0.25, 0.3) is 0 Å². The SMILES string of the molecule is CCCCC/C=C\C=C/CCCCCCCCCCCC(O)C(=O)NC(CO)C(O)C(O)CCC/C=C/CCCCCCCCCCCC. The van der Waals surface area contributed by atoms with Gasteiger partial charge in [-0.25, -0.2) is 0 Å². The Labute approximate surface area is 303 Å². The molecule has 6 nitrogen and oxygen atoms in total. The second-order valence-corrected chi connectivity index (χ2v) is 14.4. The van der Waals surface area contributed by atoms with Crippen molar-refractivity contribution < 1.29 is 25.2 Å². The largest absolute Gasteiger partial charge is 0.394 e. The van der Waals surface area contributed by atoms with Gasteiger partial charge >= 0.3 is 0 Å². The molecule has 0 radical (unpaired) electrons. The normalized spacial score (nSPS) is 14.7. The molecule has 0 aliphatic heterocycles. The van der Waals surface area contributed by atoms with E-state index in [1.165, 1.54) is 128 Å². The van der Waals surface area contributed by atoms with Gasteiger partial charge in [-0.05, 0) is 64.2 Å². The zero-order valence-corrected chi connectivity index (χ0v) is 32.2. The van der Waals surface area contributed by atoms with Crippen LogP contribution in [0.5, 0.6) is 0 Å². The molecule has 0 aromatic carbocycles. The lowest BCUT2D eigenvalue weighted by Gasteiger charge is -2.27. The highest BCUT2D eigenvalue weighted by atomic mass is 16.3. The lowest BCUT2D eigenvalue weighted by Crippen LogP contribution is -2.53. The molecule has 0 heterocycles. The van der Waals surface area contributed by atoms with Crippen LogP contribution in [0.4, 0.5) is 0 Å². The van der Waals surface area contributed by atoms with E-state index in [2.05, 4.69) is 55.6 Å². The van der Waals surface area contributed by atoms with Crippen molar-refractivity contribution in [2.45, 2.75) is 224 Å². The van der Waals surface area contributed by atoms with Crippen LogP contribution in [0, 0.1) is 0 Å². The minimum absolute atomic E-state index is 0.357. The first kappa shape index (κ1) is 47.5. The van der Waals surface area contributed by atoms with Crippen molar-refractivity contribution in [1.82, 2.24) is 5.32 Å². The van der Waals surface area contributed by atoms with Gasteiger partial charge in [-0.15, -0.1) is 0 Å². The number of hydrogen-bond donors (Lipinski definition) is 5. The highest BCUT2D eigenvalue weighted by molar-refractivity contribution is 5.80. The van der Waals surface area contributed by atoms with Crippen LogP contribution < -0.4 is 5.32 Å². The Kier molecular flexibility index (Phi) is 36.6. The topological polar surface area (TPSA) is 110 Å². The standard InChI is InChI=1S/C43H81NO5/c1-3-5-7-9-11-13-15-17-19-20-21-23-25-27-29-31-33-35-37-41(47)43(49)44-39(38-45)42(48)40(46)36-34-32-30-28-26-24-22-18-16-14-12-10-8-6-4-2/h11,13,15,17,28,30,39-42,45-48H,3-10,12,14,16,18-27,29,31-38H2,1-2H3,(H,44,49)/b13-11-,17-15-,30-28+. The lowest BCUT2D eigenvalue weighted by atomic mass is 10.00. The maximum atomic E-state index is 12.5. The molecule has 1 amide bonds. The highest BCUT2D eigenvalue weighted by Gasteiger charge is 2.28. The third kappa shape index (κ3) is 32.2. The number of amides is 1. The molecule has 0 bridgehead atoms. The number of hydrogen-bond acceptors (Lipinski definition) is 5. The minimum atomic E-state index is -1.28. The maximum Gasteiger partial charge on any atom is 0.249 e. The number of rotatable bonds is 37. The van der Waals surface area contributed by atoms with Crippen LogP contribution in [0.25, 0.3) is 0 Å². The van der Waals surface area contributed by atoms with Gasteiger partial charge in [-0.1, -0.05) is 172 Å². The summed E-state index contributed by atoms with van der Waals surface area (Å²) in [6.07, 6.45) is 43.1. The van der Waals surface area contributed by atoms with Gasteiger partial charge in [0.05, 0.1) is 18.8 Å². The molecule has 0 rings (SSSR count). The molecule has 4 unspecified atom stereocenters. The van der Waals surface area contributed by atoms with Crippen molar-refractivity contribution in [1.29, 1.82) is 0 Å². The van der Waals surface area contributed by atoms with Crippen LogP contribution in [0.2, 0.25) is 0 Å². The summed E-state index contributed by atoms with van der Waals surface area (Å²) in [6.45, 7) is 4.00. The first-order chi connectivity index (χ1) is 24.0. The van der Waals surface area contributed by atoms with E-state index in [-0.39, 0.29) is 0 Å². The summed E-state index contributed by atoms with van der Waals surface area (Å²) in [5.41, 5.74) is 0. The van der Waals surface area contributed by atoms with Crippen molar-refractivity contribution in [2.24, 2.45) is 0 Å². The molecule has 0 spiro atoms. The Balaban J connectivity index is 3.82. The average Bonchev–Trinajstić information content (AvgIpc) is 3.11. The summed E-state index contributed by atoms with van der Waals surface area (Å²) in [7, 11) is 0. The monoisotopic (exact) mass is 692 g/mol. The van der Waals surface area contributed by atoms with E-state index in [1.807, 2.05) is 0 Å². The number of nitrogens with one attached hydrogen (secondary N) is 1. The van der Waals surface area contributed by atoms with Crippen LogP contribution in [-0.4, -0.2) is 57.3 Å². The third-order valence-electron chi connectivity index (χ3n) is 9.60. The Morgan fingerprint density at radius 1 is 0.510 bits per heavy atom. The van der Waals surface area contributed by atoms with Crippen LogP contribution in [0.15, 0.2) is 36.5 Å². The van der Waals surface area contributed by atoms with Crippen molar-refractivity contribution in [3.8, 4) is 0 Å². The number of aliphatic hydroxyl groups is 4. The quantitative estimate of drug-likeness (QED) is 0.0253. The lowest BCUT2D eigenvalue weighted by molar-refractivity contribution is -0.132. The summed E-state index contributed by atoms with van der Waals surface area (Å²) in [4.78, 5) is 12.5. The second kappa shape index (κ2) is 37.8. The van der Waals surface area contributed by atoms with Gasteiger partial charge in [-0.3, -0.25) is 4.79 Å². The molecule has 0 saturated heterocycles. The minimum Gasteiger partial charge on any atom is -0.394 e. The summed E-state index contributed by atoms with van der Waals surface area (Å²) in [5.74, 6) is -0.599. The van der Waals surface area contributed by atoms with Crippen molar-refractivity contribution in [3.05, 3.63) is 36.5 Å². The fourth-order valence-corrected chi connectivity index (χ4v) is 6.22. The summed E-state index contributed by atoms with van der Waals surface area (Å²) in [5, 5.41) is 43.6. The Morgan fingerprint density at radius 3 is 1.39 bits per heavy atom. The number of allylic oxidation sites excluding steroid dienone is 6. The average molecular weight is 692 g/mol. The molecule has 6 heteroatoms. The zero-order valence-electron chi connectivity index (χ0n) is 32.2. The predicted molar refractivity (Wildman–Crippen MR) is 210 cm³/mol. The van der Waals surface area contributed by atoms with E-state index in [4.69, 9.17) is 0 Å². The molecule has 0 aliphatic carbocycles.